The number of ether oxygens (including phenoxy) is 1. The van der Waals surface area contributed by atoms with Crippen molar-refractivity contribution in [3.8, 4) is 0 Å². The fourth-order valence-electron chi connectivity index (χ4n) is 2.50. The lowest BCUT2D eigenvalue weighted by Crippen LogP contribution is -2.19. The van der Waals surface area contributed by atoms with Crippen molar-refractivity contribution in [2.45, 2.75) is 72.6 Å². The minimum Gasteiger partial charge on any atom is -0.462 e. The molecule has 0 aromatic rings. The molecule has 0 amide bonds. The van der Waals surface area contributed by atoms with E-state index in [9.17, 15) is 4.79 Å². The number of carbonyl (C=O) groups excluding carboxylic acids is 1. The number of hydrogen-bond acceptors (Lipinski definition) is 2. The lowest BCUT2D eigenvalue weighted by molar-refractivity contribution is -0.139. The molecule has 0 radical (unpaired) electrons. The van der Waals surface area contributed by atoms with Crippen LogP contribution in [0.5, 0.6) is 0 Å². The third-order valence-corrected chi connectivity index (χ3v) is 3.96. The molecule has 18 heavy (non-hydrogen) atoms. The van der Waals surface area contributed by atoms with Crippen molar-refractivity contribution >= 4 is 5.97 Å². The Bertz CT molecular complexity index is 252. The maximum absolute atomic E-state index is 11.2. The van der Waals surface area contributed by atoms with Crippen molar-refractivity contribution in [2.75, 3.05) is 6.61 Å². The fourth-order valence-corrected chi connectivity index (χ4v) is 2.50. The highest BCUT2D eigenvalue weighted by atomic mass is 16.5. The van der Waals surface area contributed by atoms with Crippen LogP contribution in [-0.4, -0.2) is 12.6 Å². The molecule has 0 aliphatic rings. The number of carbonyl (C=O) groups is 1. The zero-order valence-electron chi connectivity index (χ0n) is 12.7. The zero-order chi connectivity index (χ0) is 14.0. The van der Waals surface area contributed by atoms with Crippen LogP contribution >= 0.6 is 0 Å². The zero-order valence-corrected chi connectivity index (χ0v) is 12.7. The first-order valence-corrected chi connectivity index (χ1v) is 7.34. The average molecular weight is 254 g/mol. The molecule has 0 spiro atoms. The molecule has 0 unspecified atom stereocenters. The molecule has 0 N–H and O–H groups in total. The van der Waals surface area contributed by atoms with Gasteiger partial charge in [-0.05, 0) is 38.0 Å². The van der Waals surface area contributed by atoms with Crippen molar-refractivity contribution in [2.24, 2.45) is 5.41 Å². The molecule has 0 aliphatic heterocycles. The van der Waals surface area contributed by atoms with Crippen molar-refractivity contribution in [1.29, 1.82) is 0 Å². The Morgan fingerprint density at radius 2 is 1.72 bits per heavy atom. The minimum absolute atomic E-state index is 0.263. The highest BCUT2D eigenvalue weighted by Crippen LogP contribution is 2.37. The van der Waals surface area contributed by atoms with Gasteiger partial charge in [-0.25, -0.2) is 4.79 Å². The quantitative estimate of drug-likeness (QED) is 0.315. The Hall–Kier alpha value is -0.790. The van der Waals surface area contributed by atoms with E-state index in [0.29, 0.717) is 17.6 Å². The van der Waals surface area contributed by atoms with Crippen molar-refractivity contribution in [3.05, 3.63) is 12.2 Å². The molecule has 0 saturated heterocycles. The van der Waals surface area contributed by atoms with Crippen LogP contribution in [0.25, 0.3) is 0 Å². The van der Waals surface area contributed by atoms with Crippen molar-refractivity contribution < 1.29 is 9.53 Å². The fraction of sp³-hybridized carbons (Fsp3) is 0.812. The highest BCUT2D eigenvalue weighted by Gasteiger charge is 2.24. The van der Waals surface area contributed by atoms with Gasteiger partial charge in [0.05, 0.1) is 6.61 Å². The van der Waals surface area contributed by atoms with Crippen LogP contribution in [0.4, 0.5) is 0 Å². The third kappa shape index (κ3) is 6.23. The Morgan fingerprint density at radius 3 is 2.17 bits per heavy atom. The van der Waals surface area contributed by atoms with Crippen LogP contribution in [0.15, 0.2) is 12.2 Å². The summed E-state index contributed by atoms with van der Waals surface area (Å²) < 4.78 is 5.11. The van der Waals surface area contributed by atoms with Gasteiger partial charge in [0.15, 0.2) is 0 Å². The molecule has 0 atom stereocenters. The molecule has 0 rings (SSSR count). The molecule has 2 heteroatoms. The van der Waals surface area contributed by atoms with E-state index in [1.54, 1.807) is 6.92 Å². The van der Waals surface area contributed by atoms with Gasteiger partial charge in [0.1, 0.15) is 0 Å². The lowest BCUT2D eigenvalue weighted by atomic mass is 9.74. The number of hydrogen-bond donors (Lipinski definition) is 0. The van der Waals surface area contributed by atoms with Crippen LogP contribution in [0.1, 0.15) is 72.6 Å². The van der Waals surface area contributed by atoms with E-state index in [4.69, 9.17) is 4.74 Å². The van der Waals surface area contributed by atoms with E-state index in [-0.39, 0.29) is 5.97 Å². The normalized spacial score (nSPS) is 11.3. The summed E-state index contributed by atoms with van der Waals surface area (Å²) in [4.78, 5) is 11.2. The standard InChI is InChI=1S/C16H30O2/c1-6-11-16(7-2,8-3)12-9-10-13-18-15(17)14(4)5/h4,6-13H2,1-3,5H3. The van der Waals surface area contributed by atoms with E-state index < -0.39 is 0 Å². The minimum atomic E-state index is -0.263. The summed E-state index contributed by atoms with van der Waals surface area (Å²) in [5.41, 5.74) is 0.991. The molecular weight excluding hydrogens is 224 g/mol. The second kappa shape index (κ2) is 9.18. The molecule has 0 heterocycles. The molecule has 0 saturated carbocycles. The Morgan fingerprint density at radius 1 is 1.11 bits per heavy atom. The first-order chi connectivity index (χ1) is 8.51. The maximum Gasteiger partial charge on any atom is 0.333 e. The molecule has 0 aliphatic carbocycles. The lowest BCUT2D eigenvalue weighted by Gasteiger charge is -2.31. The van der Waals surface area contributed by atoms with E-state index in [1.807, 2.05) is 0 Å². The second-order valence-corrected chi connectivity index (χ2v) is 5.33. The number of rotatable bonds is 10. The SMILES string of the molecule is C=C(C)C(=O)OCCCCC(CC)(CC)CCC. The van der Waals surface area contributed by atoms with Gasteiger partial charge < -0.3 is 4.74 Å². The summed E-state index contributed by atoms with van der Waals surface area (Å²) in [6.45, 7) is 12.6. The molecule has 0 aromatic carbocycles. The Kier molecular flexibility index (Phi) is 8.78. The van der Waals surface area contributed by atoms with Gasteiger partial charge in [-0.1, -0.05) is 46.6 Å². The van der Waals surface area contributed by atoms with Gasteiger partial charge in [0, 0.05) is 5.57 Å². The maximum atomic E-state index is 11.2. The van der Waals surface area contributed by atoms with E-state index in [0.717, 1.165) is 12.8 Å². The second-order valence-electron chi connectivity index (χ2n) is 5.33. The van der Waals surface area contributed by atoms with Gasteiger partial charge in [0.25, 0.3) is 0 Å². The average Bonchev–Trinajstić information content (AvgIpc) is 2.36. The first-order valence-electron chi connectivity index (χ1n) is 7.34. The van der Waals surface area contributed by atoms with Gasteiger partial charge >= 0.3 is 5.97 Å². The van der Waals surface area contributed by atoms with Gasteiger partial charge in [0.2, 0.25) is 0 Å². The predicted molar refractivity (Wildman–Crippen MR) is 77.5 cm³/mol. The molecule has 0 bridgehead atoms. The van der Waals surface area contributed by atoms with E-state index in [1.165, 1.54) is 32.1 Å². The van der Waals surface area contributed by atoms with Crippen LogP contribution < -0.4 is 0 Å². The summed E-state index contributed by atoms with van der Waals surface area (Å²) in [6.07, 6.45) is 8.43. The molecule has 0 fully saturated rings. The Labute approximate surface area is 113 Å². The van der Waals surface area contributed by atoms with Crippen LogP contribution in [-0.2, 0) is 9.53 Å². The molecule has 106 valence electrons. The third-order valence-electron chi connectivity index (χ3n) is 3.96. The predicted octanol–water partition coefficient (Wildman–Crippen LogP) is 4.88. The topological polar surface area (TPSA) is 26.3 Å². The van der Waals surface area contributed by atoms with Crippen molar-refractivity contribution in [3.63, 3.8) is 0 Å². The number of unbranched alkanes of at least 4 members (excludes halogenated alkanes) is 1. The van der Waals surface area contributed by atoms with Gasteiger partial charge in [-0.3, -0.25) is 0 Å². The summed E-state index contributed by atoms with van der Waals surface area (Å²) in [5, 5.41) is 0. The Balaban J connectivity index is 3.87. The van der Waals surface area contributed by atoms with Gasteiger partial charge in [-0.2, -0.15) is 0 Å². The summed E-state index contributed by atoms with van der Waals surface area (Å²) in [7, 11) is 0. The molecule has 2 nitrogen and oxygen atoms in total. The van der Waals surface area contributed by atoms with Crippen LogP contribution in [0.3, 0.4) is 0 Å². The molecule has 0 aromatic heterocycles. The van der Waals surface area contributed by atoms with Crippen LogP contribution in [0.2, 0.25) is 0 Å². The van der Waals surface area contributed by atoms with Crippen molar-refractivity contribution in [1.82, 2.24) is 0 Å². The van der Waals surface area contributed by atoms with E-state index in [2.05, 4.69) is 27.4 Å². The van der Waals surface area contributed by atoms with E-state index >= 15 is 0 Å². The van der Waals surface area contributed by atoms with Gasteiger partial charge in [-0.15, -0.1) is 0 Å². The summed E-state index contributed by atoms with van der Waals surface area (Å²) >= 11 is 0. The monoisotopic (exact) mass is 254 g/mol. The highest BCUT2D eigenvalue weighted by molar-refractivity contribution is 5.86. The first kappa shape index (κ1) is 17.2. The number of esters is 1. The smallest absolute Gasteiger partial charge is 0.333 e. The summed E-state index contributed by atoms with van der Waals surface area (Å²) in [6, 6.07) is 0. The van der Waals surface area contributed by atoms with Crippen LogP contribution in [0, 0.1) is 5.41 Å². The summed E-state index contributed by atoms with van der Waals surface area (Å²) in [5.74, 6) is -0.263. The largest absolute Gasteiger partial charge is 0.462 e. The molecular formula is C16H30O2.